The van der Waals surface area contributed by atoms with Gasteiger partial charge in [0.25, 0.3) is 0 Å². The molecule has 0 aromatic heterocycles. The quantitative estimate of drug-likeness (QED) is 0.714. The van der Waals surface area contributed by atoms with Crippen molar-refractivity contribution < 1.29 is 9.18 Å². The van der Waals surface area contributed by atoms with Crippen LogP contribution in [0.5, 0.6) is 0 Å². The SMILES string of the molecule is O=C1CC(c2ccccc2F)C(=S)N1. The van der Waals surface area contributed by atoms with Crippen LogP contribution in [0, 0.1) is 5.82 Å². The third-order valence-corrected chi connectivity index (χ3v) is 2.64. The summed E-state index contributed by atoms with van der Waals surface area (Å²) in [5.41, 5.74) is 0.496. The summed E-state index contributed by atoms with van der Waals surface area (Å²) in [4.78, 5) is 11.4. The first-order valence-corrected chi connectivity index (χ1v) is 4.67. The molecule has 2 rings (SSSR count). The number of carbonyl (C=O) groups excluding carboxylic acids is 1. The van der Waals surface area contributed by atoms with Gasteiger partial charge in [0.05, 0.1) is 4.99 Å². The molecule has 0 bridgehead atoms. The number of amides is 1. The minimum atomic E-state index is -0.309. The average molecular weight is 209 g/mol. The van der Waals surface area contributed by atoms with Crippen LogP contribution in [0.15, 0.2) is 24.3 Å². The maximum Gasteiger partial charge on any atom is 0.225 e. The van der Waals surface area contributed by atoms with Gasteiger partial charge in [0, 0.05) is 12.3 Å². The van der Waals surface area contributed by atoms with E-state index >= 15 is 0 Å². The summed E-state index contributed by atoms with van der Waals surface area (Å²) in [6.07, 6.45) is 0.250. The molecule has 2 nitrogen and oxygen atoms in total. The minimum Gasteiger partial charge on any atom is -0.320 e. The number of benzene rings is 1. The lowest BCUT2D eigenvalue weighted by Crippen LogP contribution is -2.19. The molecule has 1 aliphatic rings. The monoisotopic (exact) mass is 209 g/mol. The topological polar surface area (TPSA) is 29.1 Å². The van der Waals surface area contributed by atoms with Crippen molar-refractivity contribution in [1.29, 1.82) is 0 Å². The molecule has 0 spiro atoms. The predicted molar refractivity (Wildman–Crippen MR) is 54.5 cm³/mol. The van der Waals surface area contributed by atoms with Gasteiger partial charge in [0.1, 0.15) is 5.82 Å². The molecule has 1 amide bonds. The van der Waals surface area contributed by atoms with E-state index in [9.17, 15) is 9.18 Å². The van der Waals surface area contributed by atoms with E-state index in [2.05, 4.69) is 5.32 Å². The van der Waals surface area contributed by atoms with Gasteiger partial charge in [-0.3, -0.25) is 4.79 Å². The summed E-state index contributed by atoms with van der Waals surface area (Å²) in [6.45, 7) is 0. The molecule has 1 unspecified atom stereocenters. The Balaban J connectivity index is 2.36. The maximum atomic E-state index is 13.3. The molecule has 72 valence electrons. The van der Waals surface area contributed by atoms with Crippen LogP contribution in [0.1, 0.15) is 17.9 Å². The minimum absolute atomic E-state index is 0.136. The van der Waals surface area contributed by atoms with E-state index in [1.54, 1.807) is 18.2 Å². The summed E-state index contributed by atoms with van der Waals surface area (Å²) >= 11 is 4.96. The number of hydrogen-bond acceptors (Lipinski definition) is 2. The summed E-state index contributed by atoms with van der Waals surface area (Å²) in [5, 5.41) is 2.52. The molecule has 1 aliphatic heterocycles. The molecule has 1 atom stereocenters. The second-order valence-electron chi connectivity index (χ2n) is 3.19. The number of rotatable bonds is 1. The number of thiocarbonyl (C=S) groups is 1. The van der Waals surface area contributed by atoms with Crippen molar-refractivity contribution in [2.24, 2.45) is 0 Å². The summed E-state index contributed by atoms with van der Waals surface area (Å²) in [6, 6.07) is 6.39. The third-order valence-electron chi connectivity index (χ3n) is 2.25. The lowest BCUT2D eigenvalue weighted by Gasteiger charge is -2.08. The first kappa shape index (κ1) is 9.27. The normalized spacial score (nSPS) is 21.1. The average Bonchev–Trinajstić information content (AvgIpc) is 2.46. The lowest BCUT2D eigenvalue weighted by molar-refractivity contribution is -0.118. The van der Waals surface area contributed by atoms with Crippen molar-refractivity contribution in [2.75, 3.05) is 0 Å². The molecule has 1 saturated heterocycles. The standard InChI is InChI=1S/C10H8FNOS/c11-8-4-2-1-3-6(8)7-5-9(13)12-10(7)14/h1-4,7H,5H2,(H,12,13,14). The van der Waals surface area contributed by atoms with Crippen molar-refractivity contribution in [3.63, 3.8) is 0 Å². The highest BCUT2D eigenvalue weighted by Crippen LogP contribution is 2.26. The highest BCUT2D eigenvalue weighted by atomic mass is 32.1. The van der Waals surface area contributed by atoms with Crippen LogP contribution >= 0.6 is 12.2 Å². The fraction of sp³-hybridized carbons (Fsp3) is 0.200. The van der Waals surface area contributed by atoms with Crippen molar-refractivity contribution in [2.45, 2.75) is 12.3 Å². The Kier molecular flexibility index (Phi) is 2.29. The van der Waals surface area contributed by atoms with Crippen molar-refractivity contribution >= 4 is 23.1 Å². The van der Waals surface area contributed by atoms with Gasteiger partial charge in [-0.1, -0.05) is 30.4 Å². The van der Waals surface area contributed by atoms with E-state index in [1.165, 1.54) is 6.07 Å². The molecule has 1 fully saturated rings. The molecule has 14 heavy (non-hydrogen) atoms. The van der Waals surface area contributed by atoms with Gasteiger partial charge in [-0.05, 0) is 11.6 Å². The first-order valence-electron chi connectivity index (χ1n) is 4.26. The second kappa shape index (κ2) is 3.46. The Morgan fingerprint density at radius 1 is 1.43 bits per heavy atom. The molecule has 4 heteroatoms. The predicted octanol–water partition coefficient (Wildman–Crippen LogP) is 1.76. The van der Waals surface area contributed by atoms with Crippen molar-refractivity contribution in [1.82, 2.24) is 5.32 Å². The molecule has 0 radical (unpaired) electrons. The molecular formula is C10H8FNOS. The van der Waals surface area contributed by atoms with Crippen LogP contribution in [0.4, 0.5) is 4.39 Å². The van der Waals surface area contributed by atoms with E-state index < -0.39 is 0 Å². The Hall–Kier alpha value is -1.29. The molecule has 0 saturated carbocycles. The zero-order valence-electron chi connectivity index (χ0n) is 7.29. The molecule has 1 aromatic rings. The Labute approximate surface area is 86.1 Å². The molecule has 1 aromatic carbocycles. The van der Waals surface area contributed by atoms with Crippen LogP contribution in [0.25, 0.3) is 0 Å². The van der Waals surface area contributed by atoms with Gasteiger partial charge < -0.3 is 5.32 Å². The van der Waals surface area contributed by atoms with E-state index in [4.69, 9.17) is 12.2 Å². The van der Waals surface area contributed by atoms with Gasteiger partial charge in [-0.2, -0.15) is 0 Å². The molecular weight excluding hydrogens is 201 g/mol. The fourth-order valence-electron chi connectivity index (χ4n) is 1.56. The van der Waals surface area contributed by atoms with Crippen LogP contribution in [0.3, 0.4) is 0 Å². The van der Waals surface area contributed by atoms with Crippen LogP contribution in [-0.4, -0.2) is 10.9 Å². The lowest BCUT2D eigenvalue weighted by atomic mass is 9.98. The maximum absolute atomic E-state index is 13.3. The van der Waals surface area contributed by atoms with Crippen LogP contribution < -0.4 is 5.32 Å². The summed E-state index contributed by atoms with van der Waals surface area (Å²) in [5.74, 6) is -0.738. The zero-order valence-corrected chi connectivity index (χ0v) is 8.10. The second-order valence-corrected chi connectivity index (χ2v) is 3.63. The largest absolute Gasteiger partial charge is 0.320 e. The number of carbonyl (C=O) groups is 1. The van der Waals surface area contributed by atoms with Gasteiger partial charge in [0.15, 0.2) is 0 Å². The van der Waals surface area contributed by atoms with Crippen LogP contribution in [-0.2, 0) is 4.79 Å². The van der Waals surface area contributed by atoms with Crippen molar-refractivity contribution in [3.05, 3.63) is 35.6 Å². The van der Waals surface area contributed by atoms with Gasteiger partial charge in [0.2, 0.25) is 5.91 Å². The van der Waals surface area contributed by atoms with Gasteiger partial charge in [-0.25, -0.2) is 4.39 Å². The first-order chi connectivity index (χ1) is 6.68. The van der Waals surface area contributed by atoms with E-state index in [1.807, 2.05) is 0 Å². The molecule has 1 heterocycles. The Bertz CT molecular complexity index is 405. The third kappa shape index (κ3) is 1.53. The number of hydrogen-bond donors (Lipinski definition) is 1. The van der Waals surface area contributed by atoms with Gasteiger partial charge >= 0.3 is 0 Å². The summed E-state index contributed by atoms with van der Waals surface area (Å²) in [7, 11) is 0. The molecule has 1 N–H and O–H groups in total. The van der Waals surface area contributed by atoms with Crippen molar-refractivity contribution in [3.8, 4) is 0 Å². The Morgan fingerprint density at radius 3 is 2.71 bits per heavy atom. The van der Waals surface area contributed by atoms with Crippen LogP contribution in [0.2, 0.25) is 0 Å². The summed E-state index contributed by atoms with van der Waals surface area (Å²) < 4.78 is 13.3. The smallest absolute Gasteiger partial charge is 0.225 e. The Morgan fingerprint density at radius 2 is 2.14 bits per heavy atom. The van der Waals surface area contributed by atoms with E-state index in [0.29, 0.717) is 10.6 Å². The number of nitrogens with one attached hydrogen (secondary N) is 1. The fourth-order valence-corrected chi connectivity index (χ4v) is 1.89. The number of halogens is 1. The highest BCUT2D eigenvalue weighted by Gasteiger charge is 2.30. The zero-order chi connectivity index (χ0) is 10.1. The van der Waals surface area contributed by atoms with Gasteiger partial charge in [-0.15, -0.1) is 0 Å². The molecule has 0 aliphatic carbocycles. The highest BCUT2D eigenvalue weighted by molar-refractivity contribution is 7.80. The van der Waals surface area contributed by atoms with E-state index in [-0.39, 0.29) is 24.1 Å². The van der Waals surface area contributed by atoms with E-state index in [0.717, 1.165) is 0 Å².